The lowest BCUT2D eigenvalue weighted by Crippen LogP contribution is -2.40. The van der Waals surface area contributed by atoms with Crippen molar-refractivity contribution >= 4 is 22.0 Å². The molecule has 0 aromatic heterocycles. The molecule has 1 heterocycles. The van der Waals surface area contributed by atoms with E-state index >= 15 is 0 Å². The smallest absolute Gasteiger partial charge is 0.408 e. The van der Waals surface area contributed by atoms with Crippen molar-refractivity contribution in [1.82, 2.24) is 4.90 Å². The molecule has 0 bridgehead atoms. The van der Waals surface area contributed by atoms with E-state index in [1.165, 1.54) is 4.90 Å². The summed E-state index contributed by atoms with van der Waals surface area (Å²) >= 11 is 3.37. The maximum absolute atomic E-state index is 11.3. The number of rotatable bonds is 2. The maximum Gasteiger partial charge on any atom is 0.408 e. The molecule has 1 aromatic carbocycles. The van der Waals surface area contributed by atoms with Crippen LogP contribution in [0.5, 0.6) is 0 Å². The van der Waals surface area contributed by atoms with E-state index in [-0.39, 0.29) is 12.1 Å². The van der Waals surface area contributed by atoms with Gasteiger partial charge in [-0.15, -0.1) is 0 Å². The van der Waals surface area contributed by atoms with Crippen molar-refractivity contribution in [1.29, 1.82) is 0 Å². The monoisotopic (exact) mass is 298 g/mol. The molecular weight excluding hydrogens is 284 g/mol. The summed E-state index contributed by atoms with van der Waals surface area (Å²) in [5.41, 5.74) is 6.65. The van der Waals surface area contributed by atoms with Crippen molar-refractivity contribution in [2.24, 2.45) is 5.73 Å². The summed E-state index contributed by atoms with van der Waals surface area (Å²) in [6.07, 6.45) is 0.796. The van der Waals surface area contributed by atoms with Gasteiger partial charge in [0, 0.05) is 17.1 Å². The first-order valence-corrected chi connectivity index (χ1v) is 6.39. The molecule has 1 aromatic rings. The number of benzene rings is 1. The molecule has 5 heteroatoms. The number of carboxylic acid groups (broad SMARTS) is 1. The number of amides is 1. The van der Waals surface area contributed by atoms with Gasteiger partial charge in [0.15, 0.2) is 0 Å². The quantitative estimate of drug-likeness (QED) is 0.882. The van der Waals surface area contributed by atoms with E-state index in [9.17, 15) is 9.90 Å². The zero-order valence-corrected chi connectivity index (χ0v) is 10.9. The fourth-order valence-electron chi connectivity index (χ4n) is 2.42. The fraction of sp³-hybridized carbons (Fsp3) is 0.417. The van der Waals surface area contributed by atoms with E-state index in [1.54, 1.807) is 0 Å². The van der Waals surface area contributed by atoms with Crippen molar-refractivity contribution in [3.63, 3.8) is 0 Å². The predicted octanol–water partition coefficient (Wildman–Crippen LogP) is 2.59. The van der Waals surface area contributed by atoms with Gasteiger partial charge in [-0.05, 0) is 30.5 Å². The minimum Gasteiger partial charge on any atom is -0.465 e. The second-order valence-electron chi connectivity index (χ2n) is 4.22. The van der Waals surface area contributed by atoms with Crippen LogP contribution in [0.15, 0.2) is 28.7 Å². The Bertz CT molecular complexity index is 407. The molecule has 0 aliphatic carbocycles. The third kappa shape index (κ3) is 2.45. The Morgan fingerprint density at radius 3 is 2.59 bits per heavy atom. The van der Waals surface area contributed by atoms with Crippen LogP contribution in [0.4, 0.5) is 4.79 Å². The second-order valence-corrected chi connectivity index (χ2v) is 5.14. The van der Waals surface area contributed by atoms with Crippen LogP contribution in [0.3, 0.4) is 0 Å². The highest BCUT2D eigenvalue weighted by Gasteiger charge is 2.36. The number of nitrogens with two attached hydrogens (primary N) is 1. The highest BCUT2D eigenvalue weighted by molar-refractivity contribution is 9.10. The summed E-state index contributed by atoms with van der Waals surface area (Å²) in [6, 6.07) is 7.68. The minimum absolute atomic E-state index is 0.0545. The Labute approximate surface area is 109 Å². The van der Waals surface area contributed by atoms with Crippen LogP contribution in [0.25, 0.3) is 0 Å². The molecule has 1 unspecified atom stereocenters. The third-order valence-corrected chi connectivity index (χ3v) is 3.78. The van der Waals surface area contributed by atoms with Gasteiger partial charge in [-0.3, -0.25) is 4.90 Å². The topological polar surface area (TPSA) is 66.6 Å². The Morgan fingerprint density at radius 2 is 2.06 bits per heavy atom. The first kappa shape index (κ1) is 12.4. The Morgan fingerprint density at radius 1 is 1.41 bits per heavy atom. The summed E-state index contributed by atoms with van der Waals surface area (Å²) in [7, 11) is 0. The molecule has 1 saturated heterocycles. The van der Waals surface area contributed by atoms with Crippen LogP contribution >= 0.6 is 15.9 Å². The van der Waals surface area contributed by atoms with Gasteiger partial charge in [0.05, 0.1) is 6.04 Å². The predicted molar refractivity (Wildman–Crippen MR) is 68.8 cm³/mol. The van der Waals surface area contributed by atoms with Gasteiger partial charge in [-0.25, -0.2) is 4.79 Å². The van der Waals surface area contributed by atoms with Crippen LogP contribution in [-0.4, -0.2) is 28.7 Å². The van der Waals surface area contributed by atoms with Gasteiger partial charge in [-0.2, -0.15) is 0 Å². The van der Waals surface area contributed by atoms with E-state index in [2.05, 4.69) is 15.9 Å². The lowest BCUT2D eigenvalue weighted by Gasteiger charge is -2.27. The van der Waals surface area contributed by atoms with Crippen molar-refractivity contribution < 1.29 is 9.90 Å². The molecule has 1 aliphatic heterocycles. The van der Waals surface area contributed by atoms with Gasteiger partial charge in [0.2, 0.25) is 0 Å². The lowest BCUT2D eigenvalue weighted by molar-refractivity contribution is 0.123. The SMILES string of the molecule is NCC1CC[C@@H](c2ccc(Br)cc2)N1C(=O)O. The Kier molecular flexibility index (Phi) is 3.69. The maximum atomic E-state index is 11.3. The highest BCUT2D eigenvalue weighted by Crippen LogP contribution is 2.36. The molecule has 4 nitrogen and oxygen atoms in total. The third-order valence-electron chi connectivity index (χ3n) is 3.25. The van der Waals surface area contributed by atoms with Gasteiger partial charge < -0.3 is 10.8 Å². The summed E-state index contributed by atoms with van der Waals surface area (Å²) in [4.78, 5) is 12.8. The number of hydrogen-bond donors (Lipinski definition) is 2. The normalized spacial score (nSPS) is 24.0. The summed E-state index contributed by atoms with van der Waals surface area (Å²) < 4.78 is 0.997. The average molecular weight is 299 g/mol. The highest BCUT2D eigenvalue weighted by atomic mass is 79.9. The standard InChI is InChI=1S/C12H15BrN2O2/c13-9-3-1-8(2-4-9)11-6-5-10(7-14)15(11)12(16)17/h1-4,10-11H,5-7,14H2,(H,16,17)/t10?,11-/m0/s1. The molecule has 0 spiro atoms. The second kappa shape index (κ2) is 5.06. The molecular formula is C12H15BrN2O2. The zero-order valence-electron chi connectivity index (χ0n) is 9.34. The molecule has 17 heavy (non-hydrogen) atoms. The van der Waals surface area contributed by atoms with Crippen LogP contribution in [-0.2, 0) is 0 Å². The van der Waals surface area contributed by atoms with E-state index in [4.69, 9.17) is 5.73 Å². The average Bonchev–Trinajstić information content (AvgIpc) is 2.73. The largest absolute Gasteiger partial charge is 0.465 e. The summed E-state index contributed by atoms with van der Waals surface area (Å²) in [5, 5.41) is 9.26. The number of hydrogen-bond acceptors (Lipinski definition) is 2. The van der Waals surface area contributed by atoms with Gasteiger partial charge in [0.25, 0.3) is 0 Å². The molecule has 0 saturated carbocycles. The number of carbonyl (C=O) groups is 1. The molecule has 1 fully saturated rings. The first-order valence-electron chi connectivity index (χ1n) is 5.60. The molecule has 1 amide bonds. The van der Waals surface area contributed by atoms with Crippen molar-refractivity contribution in [2.45, 2.75) is 24.9 Å². The van der Waals surface area contributed by atoms with E-state index < -0.39 is 6.09 Å². The fourth-order valence-corrected chi connectivity index (χ4v) is 2.68. The van der Waals surface area contributed by atoms with Crippen LogP contribution in [0.1, 0.15) is 24.4 Å². The number of halogens is 1. The van der Waals surface area contributed by atoms with Crippen LogP contribution < -0.4 is 5.73 Å². The van der Waals surface area contributed by atoms with Gasteiger partial charge in [0.1, 0.15) is 0 Å². The summed E-state index contributed by atoms with van der Waals surface area (Å²) in [6.45, 7) is 0.388. The number of likely N-dealkylation sites (tertiary alicyclic amines) is 1. The van der Waals surface area contributed by atoms with Crippen molar-refractivity contribution in [2.75, 3.05) is 6.54 Å². The van der Waals surface area contributed by atoms with Crippen LogP contribution in [0.2, 0.25) is 0 Å². The van der Waals surface area contributed by atoms with Crippen molar-refractivity contribution in [3.8, 4) is 0 Å². The van der Waals surface area contributed by atoms with Gasteiger partial charge >= 0.3 is 6.09 Å². The Balaban J connectivity index is 2.26. The first-order chi connectivity index (χ1) is 8.13. The lowest BCUT2D eigenvalue weighted by atomic mass is 10.1. The number of nitrogens with zero attached hydrogens (tertiary/aromatic N) is 1. The van der Waals surface area contributed by atoms with E-state index in [1.807, 2.05) is 24.3 Å². The molecule has 2 rings (SSSR count). The molecule has 1 aliphatic rings. The molecule has 92 valence electrons. The van der Waals surface area contributed by atoms with E-state index in [0.717, 1.165) is 22.9 Å². The molecule has 0 radical (unpaired) electrons. The van der Waals surface area contributed by atoms with Gasteiger partial charge in [-0.1, -0.05) is 28.1 Å². The van der Waals surface area contributed by atoms with Crippen molar-refractivity contribution in [3.05, 3.63) is 34.3 Å². The summed E-state index contributed by atoms with van der Waals surface area (Å²) in [5.74, 6) is 0. The van der Waals surface area contributed by atoms with Crippen LogP contribution in [0, 0.1) is 0 Å². The minimum atomic E-state index is -0.883. The molecule has 2 atom stereocenters. The molecule has 3 N–H and O–H groups in total. The Hall–Kier alpha value is -1.07. The van der Waals surface area contributed by atoms with E-state index in [0.29, 0.717) is 6.54 Å². The zero-order chi connectivity index (χ0) is 12.4.